The number of rotatable bonds is 15. The molecule has 0 aromatic heterocycles. The maximum absolute atomic E-state index is 11.3. The van der Waals surface area contributed by atoms with Crippen molar-refractivity contribution in [1.82, 2.24) is 14.7 Å². The van der Waals surface area contributed by atoms with Gasteiger partial charge in [0, 0.05) is 26.2 Å². The Morgan fingerprint density at radius 1 is 0.519 bits per heavy atom. The summed E-state index contributed by atoms with van der Waals surface area (Å²) in [5.41, 5.74) is 0. The molecule has 0 aromatic rings. The minimum atomic E-state index is -1.32. The van der Waals surface area contributed by atoms with Crippen LogP contribution < -0.4 is 0 Å². The number of hydrogen-bond donors (Lipinski definition) is 5. The zero-order chi connectivity index (χ0) is 21.0. The molecular weight excluding hydrogens is 370 g/mol. The lowest BCUT2D eigenvalue weighted by molar-refractivity contribution is -0.143. The van der Waals surface area contributed by atoms with Crippen molar-refractivity contribution in [1.29, 1.82) is 0 Å². The SMILES string of the molecule is O=C(O)CN(CCCN(CCN(CC(=O)O)CC(=O)O)C(=O)O)CC(=O)O. The number of aliphatic carboxylic acids is 4. The van der Waals surface area contributed by atoms with E-state index in [1.165, 1.54) is 0 Å². The molecule has 0 atom stereocenters. The van der Waals surface area contributed by atoms with Gasteiger partial charge < -0.3 is 30.4 Å². The minimum absolute atomic E-state index is 0.0242. The summed E-state index contributed by atoms with van der Waals surface area (Å²) in [5, 5.41) is 44.2. The smallest absolute Gasteiger partial charge is 0.407 e. The van der Waals surface area contributed by atoms with Gasteiger partial charge in [-0.05, 0) is 6.42 Å². The van der Waals surface area contributed by atoms with Crippen molar-refractivity contribution >= 4 is 30.0 Å². The molecule has 0 heterocycles. The van der Waals surface area contributed by atoms with Crippen molar-refractivity contribution < 1.29 is 49.5 Å². The first-order valence-corrected chi connectivity index (χ1v) is 7.81. The predicted molar refractivity (Wildman–Crippen MR) is 87.6 cm³/mol. The fraction of sp³-hybridized carbons (Fsp3) is 0.643. The second-order valence-corrected chi connectivity index (χ2v) is 5.62. The van der Waals surface area contributed by atoms with Crippen molar-refractivity contribution in [3.05, 3.63) is 0 Å². The summed E-state index contributed by atoms with van der Waals surface area (Å²) in [5.74, 6) is -4.94. The number of carbonyl (C=O) groups is 5. The summed E-state index contributed by atoms with van der Waals surface area (Å²) in [6, 6.07) is 0. The van der Waals surface area contributed by atoms with Crippen LogP contribution in [0.4, 0.5) is 4.79 Å². The molecule has 0 aliphatic carbocycles. The summed E-state index contributed by atoms with van der Waals surface area (Å²) in [6.45, 7) is -2.47. The van der Waals surface area contributed by atoms with E-state index >= 15 is 0 Å². The maximum Gasteiger partial charge on any atom is 0.407 e. The van der Waals surface area contributed by atoms with Crippen LogP contribution in [-0.2, 0) is 19.2 Å². The van der Waals surface area contributed by atoms with Gasteiger partial charge in [-0.15, -0.1) is 0 Å². The Morgan fingerprint density at radius 3 is 1.22 bits per heavy atom. The third-order valence-electron chi connectivity index (χ3n) is 3.29. The van der Waals surface area contributed by atoms with Crippen LogP contribution in [0, 0.1) is 0 Å². The summed E-state index contributed by atoms with van der Waals surface area (Å²) in [4.78, 5) is 57.2. The molecular formula is C14H23N3O10. The van der Waals surface area contributed by atoms with Crippen molar-refractivity contribution in [2.45, 2.75) is 6.42 Å². The van der Waals surface area contributed by atoms with Crippen LogP contribution in [0.5, 0.6) is 0 Å². The fourth-order valence-electron chi connectivity index (χ4n) is 2.24. The number of amides is 1. The normalized spacial score (nSPS) is 10.7. The van der Waals surface area contributed by atoms with E-state index in [0.29, 0.717) is 0 Å². The van der Waals surface area contributed by atoms with Gasteiger partial charge in [0.1, 0.15) is 0 Å². The summed E-state index contributed by atoms with van der Waals surface area (Å²) < 4.78 is 0. The first kappa shape index (κ1) is 24.1. The Bertz CT molecular complexity index is 521. The number of carboxylic acids is 4. The Labute approximate surface area is 154 Å². The highest BCUT2D eigenvalue weighted by Gasteiger charge is 2.19. The summed E-state index contributed by atoms with van der Waals surface area (Å²) in [6.07, 6.45) is -1.17. The van der Waals surface area contributed by atoms with E-state index in [0.717, 1.165) is 14.7 Å². The van der Waals surface area contributed by atoms with Crippen LogP contribution in [0.1, 0.15) is 6.42 Å². The molecule has 27 heavy (non-hydrogen) atoms. The molecule has 13 nitrogen and oxygen atoms in total. The molecule has 0 saturated carbocycles. The highest BCUT2D eigenvalue weighted by atomic mass is 16.4. The molecule has 0 radical (unpaired) electrons. The second-order valence-electron chi connectivity index (χ2n) is 5.62. The molecule has 0 aliphatic heterocycles. The summed E-state index contributed by atoms with van der Waals surface area (Å²) in [7, 11) is 0. The molecule has 0 bridgehead atoms. The van der Waals surface area contributed by atoms with Gasteiger partial charge in [-0.25, -0.2) is 4.79 Å². The van der Waals surface area contributed by atoms with E-state index in [1.54, 1.807) is 0 Å². The topological polar surface area (TPSA) is 196 Å². The minimum Gasteiger partial charge on any atom is -0.480 e. The monoisotopic (exact) mass is 393 g/mol. The van der Waals surface area contributed by atoms with Crippen LogP contribution in [0.2, 0.25) is 0 Å². The van der Waals surface area contributed by atoms with E-state index in [4.69, 9.17) is 20.4 Å². The summed E-state index contributed by atoms with van der Waals surface area (Å²) >= 11 is 0. The highest BCUT2D eigenvalue weighted by Crippen LogP contribution is 1.99. The average Bonchev–Trinajstić information content (AvgIpc) is 2.47. The lowest BCUT2D eigenvalue weighted by atomic mass is 10.3. The number of hydrogen-bond acceptors (Lipinski definition) is 7. The first-order valence-electron chi connectivity index (χ1n) is 7.81. The van der Waals surface area contributed by atoms with Crippen LogP contribution in [0.3, 0.4) is 0 Å². The molecule has 0 aliphatic rings. The lowest BCUT2D eigenvalue weighted by Gasteiger charge is -2.25. The van der Waals surface area contributed by atoms with Gasteiger partial charge in [0.25, 0.3) is 0 Å². The molecule has 0 rings (SSSR count). The van der Waals surface area contributed by atoms with Crippen molar-refractivity contribution in [3.8, 4) is 0 Å². The molecule has 0 unspecified atom stereocenters. The quantitative estimate of drug-likeness (QED) is 0.212. The molecule has 154 valence electrons. The van der Waals surface area contributed by atoms with E-state index in [2.05, 4.69) is 0 Å². The number of nitrogens with zero attached hydrogens (tertiary/aromatic N) is 3. The Kier molecular flexibility index (Phi) is 11.1. The Balaban J connectivity index is 4.62. The fourth-order valence-corrected chi connectivity index (χ4v) is 2.24. The van der Waals surface area contributed by atoms with Crippen molar-refractivity contribution in [2.75, 3.05) is 52.4 Å². The molecule has 0 aromatic carbocycles. The standard InChI is InChI=1S/C14H23N3O10/c18-10(19)6-15(7-11(20)21)2-1-3-17(14(26)27)5-4-16(8-12(22)23)9-13(24)25/h1-9H2,(H,18,19)(H,20,21)(H,22,23)(H,24,25)(H,26,27). The molecule has 13 heteroatoms. The molecule has 1 amide bonds. The van der Waals surface area contributed by atoms with E-state index in [-0.39, 0.29) is 32.6 Å². The molecule has 0 fully saturated rings. The zero-order valence-electron chi connectivity index (χ0n) is 14.5. The van der Waals surface area contributed by atoms with Crippen molar-refractivity contribution in [3.63, 3.8) is 0 Å². The van der Waals surface area contributed by atoms with E-state index < -0.39 is 56.1 Å². The van der Waals surface area contributed by atoms with Gasteiger partial charge in [0.05, 0.1) is 26.2 Å². The van der Waals surface area contributed by atoms with Crippen LogP contribution in [0.25, 0.3) is 0 Å². The van der Waals surface area contributed by atoms with Gasteiger partial charge in [0.2, 0.25) is 0 Å². The largest absolute Gasteiger partial charge is 0.480 e. The predicted octanol–water partition coefficient (Wildman–Crippen LogP) is -1.70. The van der Waals surface area contributed by atoms with Crippen LogP contribution in [0.15, 0.2) is 0 Å². The molecule has 0 saturated heterocycles. The van der Waals surface area contributed by atoms with Crippen LogP contribution in [-0.4, -0.2) is 123 Å². The van der Waals surface area contributed by atoms with Gasteiger partial charge in [-0.2, -0.15) is 0 Å². The third kappa shape index (κ3) is 13.0. The van der Waals surface area contributed by atoms with Gasteiger partial charge in [-0.3, -0.25) is 29.0 Å². The average molecular weight is 393 g/mol. The highest BCUT2D eigenvalue weighted by molar-refractivity contribution is 5.73. The molecule has 5 N–H and O–H groups in total. The zero-order valence-corrected chi connectivity index (χ0v) is 14.5. The van der Waals surface area contributed by atoms with Gasteiger partial charge in [0.15, 0.2) is 0 Å². The Hall–Kier alpha value is -2.93. The van der Waals surface area contributed by atoms with E-state index in [9.17, 15) is 29.1 Å². The first-order chi connectivity index (χ1) is 12.5. The van der Waals surface area contributed by atoms with Gasteiger partial charge in [-0.1, -0.05) is 0 Å². The van der Waals surface area contributed by atoms with Gasteiger partial charge >= 0.3 is 30.0 Å². The Morgan fingerprint density at radius 2 is 0.889 bits per heavy atom. The maximum atomic E-state index is 11.3. The molecule has 0 spiro atoms. The van der Waals surface area contributed by atoms with E-state index in [1.807, 2.05) is 0 Å². The van der Waals surface area contributed by atoms with Crippen LogP contribution >= 0.6 is 0 Å². The number of carboxylic acid groups (broad SMARTS) is 5. The third-order valence-corrected chi connectivity index (χ3v) is 3.29. The van der Waals surface area contributed by atoms with Crippen molar-refractivity contribution in [2.24, 2.45) is 0 Å². The second kappa shape index (κ2) is 12.4. The lowest BCUT2D eigenvalue weighted by Crippen LogP contribution is -2.43.